The minimum atomic E-state index is 0.374. The largest absolute Gasteiger partial charge is 0.376 e. The lowest BCUT2D eigenvalue weighted by Gasteiger charge is -2.22. The van der Waals surface area contributed by atoms with Crippen molar-refractivity contribution in [2.45, 2.75) is 51.0 Å². The van der Waals surface area contributed by atoms with E-state index >= 15 is 0 Å². The molecule has 3 rings (SSSR count). The fourth-order valence-corrected chi connectivity index (χ4v) is 4.34. The molecule has 4 atom stereocenters. The van der Waals surface area contributed by atoms with E-state index in [4.69, 9.17) is 4.74 Å². The lowest BCUT2D eigenvalue weighted by Crippen LogP contribution is -2.41. The smallest absolute Gasteiger partial charge is 0.191 e. The maximum Gasteiger partial charge on any atom is 0.191 e. The van der Waals surface area contributed by atoms with Crippen LogP contribution in [0.5, 0.6) is 0 Å². The summed E-state index contributed by atoms with van der Waals surface area (Å²) in [6.45, 7) is 2.86. The van der Waals surface area contributed by atoms with Gasteiger partial charge in [0.25, 0.3) is 0 Å². The lowest BCUT2D eigenvalue weighted by molar-refractivity contribution is 0.114. The van der Waals surface area contributed by atoms with Crippen LogP contribution in [0, 0.1) is 17.8 Å². The molecule has 2 N–H and O–H groups in total. The molecule has 0 spiro atoms. The molecule has 4 nitrogen and oxygen atoms in total. The van der Waals surface area contributed by atoms with Crippen LogP contribution in [0.3, 0.4) is 0 Å². The van der Waals surface area contributed by atoms with Crippen molar-refractivity contribution < 1.29 is 4.74 Å². The molecule has 0 aromatic heterocycles. The summed E-state index contributed by atoms with van der Waals surface area (Å²) in [5, 5.41) is 6.85. The maximum absolute atomic E-state index is 5.62. The molecule has 3 aliphatic rings. The number of nitrogens with one attached hydrogen (secondary N) is 2. The van der Waals surface area contributed by atoms with Crippen LogP contribution >= 0.6 is 0 Å². The van der Waals surface area contributed by atoms with E-state index in [0.29, 0.717) is 6.10 Å². The van der Waals surface area contributed by atoms with Gasteiger partial charge in [0.1, 0.15) is 0 Å². The van der Waals surface area contributed by atoms with Gasteiger partial charge in [0.15, 0.2) is 5.96 Å². The molecule has 0 amide bonds. The van der Waals surface area contributed by atoms with Gasteiger partial charge in [-0.1, -0.05) is 6.42 Å². The van der Waals surface area contributed by atoms with Gasteiger partial charge in [0.2, 0.25) is 0 Å². The molecule has 4 heteroatoms. The molecular formula is C16H29N3O. The minimum Gasteiger partial charge on any atom is -0.376 e. The van der Waals surface area contributed by atoms with Gasteiger partial charge in [-0.05, 0) is 56.3 Å². The molecule has 4 unspecified atom stereocenters. The Morgan fingerprint density at radius 3 is 2.80 bits per heavy atom. The highest BCUT2D eigenvalue weighted by Gasteiger charge is 2.38. The van der Waals surface area contributed by atoms with Crippen LogP contribution in [0.4, 0.5) is 0 Å². The van der Waals surface area contributed by atoms with E-state index in [1.54, 1.807) is 0 Å². The molecule has 2 bridgehead atoms. The standard InChI is InChI=1S/C16H29N3O/c1-17-16(19-11-15-3-2-8-20-15)18-7-6-14-10-12-4-5-13(14)9-12/h12-15H,2-11H2,1H3,(H2,17,18,19). The third-order valence-electron chi connectivity index (χ3n) is 5.44. The number of hydrogen-bond donors (Lipinski definition) is 2. The van der Waals surface area contributed by atoms with Crippen LogP contribution in [0.2, 0.25) is 0 Å². The Morgan fingerprint density at radius 2 is 2.15 bits per heavy atom. The Hall–Kier alpha value is -0.770. The van der Waals surface area contributed by atoms with Crippen molar-refractivity contribution in [3.63, 3.8) is 0 Å². The monoisotopic (exact) mass is 279 g/mol. The number of hydrogen-bond acceptors (Lipinski definition) is 2. The van der Waals surface area contributed by atoms with Crippen LogP contribution in [-0.2, 0) is 4.74 Å². The maximum atomic E-state index is 5.62. The van der Waals surface area contributed by atoms with E-state index in [2.05, 4.69) is 15.6 Å². The number of ether oxygens (including phenoxy) is 1. The fraction of sp³-hybridized carbons (Fsp3) is 0.938. The predicted octanol–water partition coefficient (Wildman–Crippen LogP) is 2.16. The number of aliphatic imine (C=N–C) groups is 1. The molecule has 0 aromatic rings. The number of nitrogens with zero attached hydrogens (tertiary/aromatic N) is 1. The summed E-state index contributed by atoms with van der Waals surface area (Å²) in [6.07, 6.45) is 10.0. The highest BCUT2D eigenvalue weighted by atomic mass is 16.5. The van der Waals surface area contributed by atoms with Gasteiger partial charge in [-0.3, -0.25) is 4.99 Å². The average molecular weight is 279 g/mol. The third kappa shape index (κ3) is 3.46. The van der Waals surface area contributed by atoms with Gasteiger partial charge in [-0.25, -0.2) is 0 Å². The summed E-state index contributed by atoms with van der Waals surface area (Å²) in [6, 6.07) is 0. The van der Waals surface area contributed by atoms with E-state index in [0.717, 1.165) is 43.4 Å². The summed E-state index contributed by atoms with van der Waals surface area (Å²) in [4.78, 5) is 4.30. The summed E-state index contributed by atoms with van der Waals surface area (Å²) >= 11 is 0. The Bertz CT molecular complexity index is 339. The Kier molecular flexibility index (Phi) is 4.81. The van der Waals surface area contributed by atoms with Gasteiger partial charge in [-0.15, -0.1) is 0 Å². The fourth-order valence-electron chi connectivity index (χ4n) is 4.34. The van der Waals surface area contributed by atoms with Gasteiger partial charge >= 0.3 is 0 Å². The first-order valence-corrected chi connectivity index (χ1v) is 8.41. The molecule has 114 valence electrons. The van der Waals surface area contributed by atoms with Crippen molar-refractivity contribution in [2.24, 2.45) is 22.7 Å². The van der Waals surface area contributed by atoms with Crippen LogP contribution in [0.25, 0.3) is 0 Å². The van der Waals surface area contributed by atoms with Gasteiger partial charge in [-0.2, -0.15) is 0 Å². The topological polar surface area (TPSA) is 45.7 Å². The second-order valence-corrected chi connectivity index (χ2v) is 6.74. The first kappa shape index (κ1) is 14.2. The van der Waals surface area contributed by atoms with Crippen molar-refractivity contribution >= 4 is 5.96 Å². The van der Waals surface area contributed by atoms with E-state index in [1.165, 1.54) is 44.9 Å². The zero-order valence-electron chi connectivity index (χ0n) is 12.7. The number of rotatable bonds is 5. The van der Waals surface area contributed by atoms with E-state index in [9.17, 15) is 0 Å². The molecule has 2 aliphatic carbocycles. The van der Waals surface area contributed by atoms with Gasteiger partial charge in [0.05, 0.1) is 6.10 Å². The van der Waals surface area contributed by atoms with Crippen molar-refractivity contribution in [1.29, 1.82) is 0 Å². The minimum absolute atomic E-state index is 0.374. The Morgan fingerprint density at radius 1 is 1.20 bits per heavy atom. The molecule has 20 heavy (non-hydrogen) atoms. The van der Waals surface area contributed by atoms with Crippen molar-refractivity contribution in [3.8, 4) is 0 Å². The third-order valence-corrected chi connectivity index (χ3v) is 5.44. The number of fused-ring (bicyclic) bond motifs is 2. The predicted molar refractivity (Wildman–Crippen MR) is 81.9 cm³/mol. The quantitative estimate of drug-likeness (QED) is 0.599. The van der Waals surface area contributed by atoms with Gasteiger partial charge in [0, 0.05) is 26.7 Å². The Labute approximate surface area is 122 Å². The molecule has 0 aromatic carbocycles. The molecule has 1 heterocycles. The second-order valence-electron chi connectivity index (χ2n) is 6.74. The van der Waals surface area contributed by atoms with Crippen molar-refractivity contribution in [1.82, 2.24) is 10.6 Å². The summed E-state index contributed by atoms with van der Waals surface area (Å²) in [5.74, 6) is 3.99. The zero-order valence-corrected chi connectivity index (χ0v) is 12.7. The molecule has 1 saturated heterocycles. The molecule has 1 aliphatic heterocycles. The highest BCUT2D eigenvalue weighted by Crippen LogP contribution is 2.49. The molecular weight excluding hydrogens is 250 g/mol. The van der Waals surface area contributed by atoms with E-state index in [-0.39, 0.29) is 0 Å². The van der Waals surface area contributed by atoms with Crippen molar-refractivity contribution in [2.75, 3.05) is 26.7 Å². The summed E-state index contributed by atoms with van der Waals surface area (Å²) < 4.78 is 5.62. The normalized spacial score (nSPS) is 36.5. The highest BCUT2D eigenvalue weighted by molar-refractivity contribution is 5.79. The molecule has 0 radical (unpaired) electrons. The van der Waals surface area contributed by atoms with E-state index < -0.39 is 0 Å². The second kappa shape index (κ2) is 6.79. The van der Waals surface area contributed by atoms with Crippen LogP contribution in [0.15, 0.2) is 4.99 Å². The van der Waals surface area contributed by atoms with Crippen LogP contribution < -0.4 is 10.6 Å². The lowest BCUT2D eigenvalue weighted by atomic mass is 9.86. The first-order valence-electron chi connectivity index (χ1n) is 8.41. The van der Waals surface area contributed by atoms with Crippen molar-refractivity contribution in [3.05, 3.63) is 0 Å². The number of guanidine groups is 1. The molecule has 2 saturated carbocycles. The summed E-state index contributed by atoms with van der Waals surface area (Å²) in [5.41, 5.74) is 0. The van der Waals surface area contributed by atoms with Gasteiger partial charge < -0.3 is 15.4 Å². The van der Waals surface area contributed by atoms with Crippen LogP contribution in [-0.4, -0.2) is 38.8 Å². The van der Waals surface area contributed by atoms with Crippen LogP contribution in [0.1, 0.15) is 44.9 Å². The molecule has 3 fully saturated rings. The Balaban J connectivity index is 1.32. The summed E-state index contributed by atoms with van der Waals surface area (Å²) in [7, 11) is 1.85. The zero-order chi connectivity index (χ0) is 13.8. The average Bonchev–Trinajstić information content (AvgIpc) is 3.19. The SMILES string of the molecule is CN=C(NCCC1CC2CCC1C2)NCC1CCCO1. The van der Waals surface area contributed by atoms with E-state index in [1.807, 2.05) is 7.05 Å². The first-order chi connectivity index (χ1) is 9.85.